The van der Waals surface area contributed by atoms with E-state index in [2.05, 4.69) is 5.32 Å². The molecule has 0 aliphatic heterocycles. The van der Waals surface area contributed by atoms with Crippen molar-refractivity contribution in [2.75, 3.05) is 5.32 Å². The van der Waals surface area contributed by atoms with Crippen LogP contribution in [0.15, 0.2) is 78.9 Å². The Labute approximate surface area is 159 Å². The molecule has 3 rings (SSSR count). The van der Waals surface area contributed by atoms with Gasteiger partial charge in [0, 0.05) is 5.69 Å². The Balaban J connectivity index is 1.51. The molecule has 27 heavy (non-hydrogen) atoms. The van der Waals surface area contributed by atoms with E-state index >= 15 is 0 Å². The van der Waals surface area contributed by atoms with Gasteiger partial charge in [-0.05, 0) is 55.8 Å². The maximum Gasteiger partial charge on any atom is 0.265 e. The molecular weight excluding hydrogens is 338 g/mol. The first-order valence-corrected chi connectivity index (χ1v) is 8.91. The Kier molecular flexibility index (Phi) is 6.10. The predicted octanol–water partition coefficient (Wildman–Crippen LogP) is 4.98. The fourth-order valence-electron chi connectivity index (χ4n) is 2.49. The lowest BCUT2D eigenvalue weighted by atomic mass is 10.2. The first kappa shape index (κ1) is 18.5. The number of carbonyl (C=O) groups is 1. The predicted molar refractivity (Wildman–Crippen MR) is 107 cm³/mol. The summed E-state index contributed by atoms with van der Waals surface area (Å²) in [5, 5.41) is 2.85. The van der Waals surface area contributed by atoms with Crippen molar-refractivity contribution in [3.05, 3.63) is 90.0 Å². The van der Waals surface area contributed by atoms with Crippen molar-refractivity contribution in [3.63, 3.8) is 0 Å². The molecule has 3 aromatic rings. The van der Waals surface area contributed by atoms with Crippen LogP contribution in [-0.4, -0.2) is 12.0 Å². The summed E-state index contributed by atoms with van der Waals surface area (Å²) in [5.41, 5.74) is 2.96. The van der Waals surface area contributed by atoms with Gasteiger partial charge in [0.15, 0.2) is 6.10 Å². The number of hydrogen-bond acceptors (Lipinski definition) is 3. The van der Waals surface area contributed by atoms with Crippen LogP contribution in [-0.2, 0) is 11.4 Å². The minimum atomic E-state index is -0.596. The molecule has 0 aliphatic carbocycles. The minimum absolute atomic E-state index is 0.200. The molecule has 3 aromatic carbocycles. The van der Waals surface area contributed by atoms with E-state index in [1.807, 2.05) is 85.8 Å². The number of rotatable bonds is 7. The summed E-state index contributed by atoms with van der Waals surface area (Å²) < 4.78 is 11.4. The molecule has 138 valence electrons. The van der Waals surface area contributed by atoms with Gasteiger partial charge < -0.3 is 14.8 Å². The molecule has 4 heteroatoms. The van der Waals surface area contributed by atoms with Crippen LogP contribution in [0.4, 0.5) is 5.69 Å². The van der Waals surface area contributed by atoms with Gasteiger partial charge in [0.2, 0.25) is 0 Å². The first-order valence-electron chi connectivity index (χ1n) is 8.91. The highest BCUT2D eigenvalue weighted by molar-refractivity contribution is 5.94. The Morgan fingerprint density at radius 3 is 2.19 bits per heavy atom. The molecule has 0 spiro atoms. The fraction of sp³-hybridized carbons (Fsp3) is 0.174. The Bertz CT molecular complexity index is 858. The smallest absolute Gasteiger partial charge is 0.265 e. The maximum atomic E-state index is 12.3. The van der Waals surface area contributed by atoms with Crippen molar-refractivity contribution in [2.24, 2.45) is 0 Å². The van der Waals surface area contributed by atoms with Gasteiger partial charge in [-0.15, -0.1) is 0 Å². The summed E-state index contributed by atoms with van der Waals surface area (Å²) in [6.07, 6.45) is -0.596. The molecular formula is C23H23NO3. The topological polar surface area (TPSA) is 47.6 Å². The summed E-state index contributed by atoms with van der Waals surface area (Å²) >= 11 is 0. The average Bonchev–Trinajstić information content (AvgIpc) is 2.70. The van der Waals surface area contributed by atoms with Crippen LogP contribution in [0.2, 0.25) is 0 Å². The fourth-order valence-corrected chi connectivity index (χ4v) is 2.49. The third-order valence-electron chi connectivity index (χ3n) is 4.07. The summed E-state index contributed by atoms with van der Waals surface area (Å²) in [6, 6.07) is 24.9. The van der Waals surface area contributed by atoms with Crippen LogP contribution >= 0.6 is 0 Å². The van der Waals surface area contributed by atoms with Crippen LogP contribution in [0.3, 0.4) is 0 Å². The Morgan fingerprint density at radius 2 is 1.52 bits per heavy atom. The molecule has 1 amide bonds. The normalized spacial score (nSPS) is 11.5. The van der Waals surface area contributed by atoms with Crippen molar-refractivity contribution in [1.29, 1.82) is 0 Å². The van der Waals surface area contributed by atoms with Crippen molar-refractivity contribution in [3.8, 4) is 11.5 Å². The molecule has 0 aliphatic rings. The molecule has 4 nitrogen and oxygen atoms in total. The van der Waals surface area contributed by atoms with Crippen molar-refractivity contribution >= 4 is 11.6 Å². The summed E-state index contributed by atoms with van der Waals surface area (Å²) in [7, 11) is 0. The van der Waals surface area contributed by atoms with E-state index < -0.39 is 6.10 Å². The second-order valence-corrected chi connectivity index (χ2v) is 6.36. The molecule has 0 saturated carbocycles. The molecule has 0 heterocycles. The van der Waals surface area contributed by atoms with E-state index in [4.69, 9.17) is 9.47 Å². The number of anilines is 1. The lowest BCUT2D eigenvalue weighted by Gasteiger charge is -2.15. The first-order chi connectivity index (χ1) is 13.1. The van der Waals surface area contributed by atoms with Crippen molar-refractivity contribution in [2.45, 2.75) is 26.6 Å². The molecule has 1 unspecified atom stereocenters. The van der Waals surface area contributed by atoms with Crippen LogP contribution in [0.25, 0.3) is 0 Å². The largest absolute Gasteiger partial charge is 0.489 e. The second kappa shape index (κ2) is 8.90. The van der Waals surface area contributed by atoms with Gasteiger partial charge in [-0.2, -0.15) is 0 Å². The molecule has 0 aromatic heterocycles. The van der Waals surface area contributed by atoms with Crippen LogP contribution in [0.1, 0.15) is 18.1 Å². The van der Waals surface area contributed by atoms with Gasteiger partial charge in [0.05, 0.1) is 0 Å². The van der Waals surface area contributed by atoms with Gasteiger partial charge in [-0.1, -0.05) is 48.0 Å². The number of amides is 1. The standard InChI is InChI=1S/C23H23NO3/c1-17-8-12-22(13-9-17)27-18(2)23(25)24-20-10-14-21(15-11-20)26-16-19-6-4-3-5-7-19/h3-15,18H,16H2,1-2H3,(H,24,25). The third kappa shape index (κ3) is 5.61. The number of carbonyl (C=O) groups excluding carboxylic acids is 1. The lowest BCUT2D eigenvalue weighted by molar-refractivity contribution is -0.122. The van der Waals surface area contributed by atoms with Crippen molar-refractivity contribution in [1.82, 2.24) is 0 Å². The van der Waals surface area contributed by atoms with E-state index in [1.165, 1.54) is 0 Å². The third-order valence-corrected chi connectivity index (χ3v) is 4.07. The molecule has 0 radical (unpaired) electrons. The van der Waals surface area contributed by atoms with Gasteiger partial charge in [0.25, 0.3) is 5.91 Å². The molecule has 1 N–H and O–H groups in total. The summed E-state index contributed by atoms with van der Waals surface area (Å²) in [4.78, 5) is 12.3. The maximum absolute atomic E-state index is 12.3. The Hall–Kier alpha value is -3.27. The highest BCUT2D eigenvalue weighted by Crippen LogP contribution is 2.18. The lowest BCUT2D eigenvalue weighted by Crippen LogP contribution is -2.30. The average molecular weight is 361 g/mol. The van der Waals surface area contributed by atoms with Crippen LogP contribution in [0.5, 0.6) is 11.5 Å². The summed E-state index contributed by atoms with van der Waals surface area (Å²) in [6.45, 7) is 4.24. The molecule has 0 bridgehead atoms. The zero-order valence-corrected chi connectivity index (χ0v) is 15.5. The molecule has 0 fully saturated rings. The van der Waals surface area contributed by atoms with Gasteiger partial charge in [-0.25, -0.2) is 0 Å². The number of aryl methyl sites for hydroxylation is 1. The molecule has 1 atom stereocenters. The zero-order chi connectivity index (χ0) is 19.1. The monoisotopic (exact) mass is 361 g/mol. The zero-order valence-electron chi connectivity index (χ0n) is 15.5. The van der Waals surface area contributed by atoms with E-state index in [0.29, 0.717) is 18.0 Å². The highest BCUT2D eigenvalue weighted by Gasteiger charge is 2.14. The van der Waals surface area contributed by atoms with Crippen molar-refractivity contribution < 1.29 is 14.3 Å². The number of ether oxygens (including phenoxy) is 2. The highest BCUT2D eigenvalue weighted by atomic mass is 16.5. The summed E-state index contributed by atoms with van der Waals surface area (Å²) in [5.74, 6) is 1.22. The molecule has 0 saturated heterocycles. The van der Waals surface area contributed by atoms with Gasteiger partial charge >= 0.3 is 0 Å². The van der Waals surface area contributed by atoms with Crippen LogP contribution in [0, 0.1) is 6.92 Å². The second-order valence-electron chi connectivity index (χ2n) is 6.36. The van der Waals surface area contributed by atoms with Gasteiger partial charge in [0.1, 0.15) is 18.1 Å². The quantitative estimate of drug-likeness (QED) is 0.646. The van der Waals surface area contributed by atoms with Crippen LogP contribution < -0.4 is 14.8 Å². The van der Waals surface area contributed by atoms with E-state index in [0.717, 1.165) is 16.9 Å². The number of hydrogen-bond donors (Lipinski definition) is 1. The van der Waals surface area contributed by atoms with E-state index in [1.54, 1.807) is 6.92 Å². The number of nitrogens with one attached hydrogen (secondary N) is 1. The van der Waals surface area contributed by atoms with E-state index in [-0.39, 0.29) is 5.91 Å². The Morgan fingerprint density at radius 1 is 0.889 bits per heavy atom. The minimum Gasteiger partial charge on any atom is -0.489 e. The number of benzene rings is 3. The SMILES string of the molecule is Cc1ccc(OC(C)C(=O)Nc2ccc(OCc3ccccc3)cc2)cc1. The van der Waals surface area contributed by atoms with E-state index in [9.17, 15) is 4.79 Å². The van der Waals surface area contributed by atoms with Gasteiger partial charge in [-0.3, -0.25) is 4.79 Å².